The van der Waals surface area contributed by atoms with Crippen molar-refractivity contribution in [3.8, 4) is 0 Å². The smallest absolute Gasteiger partial charge is 0.144 e. The van der Waals surface area contributed by atoms with Crippen LogP contribution in [-0.4, -0.2) is 36.6 Å². The molecule has 2 heterocycles. The summed E-state index contributed by atoms with van der Waals surface area (Å²) in [6.45, 7) is 5.53. The van der Waals surface area contributed by atoms with Gasteiger partial charge in [-0.3, -0.25) is 0 Å². The van der Waals surface area contributed by atoms with E-state index in [0.29, 0.717) is 16.1 Å². The molecule has 4 nitrogen and oxygen atoms in total. The summed E-state index contributed by atoms with van der Waals surface area (Å²) in [7, 11) is 2.17. The van der Waals surface area contributed by atoms with Crippen LogP contribution in [0.15, 0.2) is 12.3 Å². The standard InChI is InChI=1S/C13H21ClN4/c1-13(3-5-18(2)6-4-13)9-17-12-11(14)7-10(15)8-16-12/h7-8H,3-6,9,15H2,1-2H3,(H,16,17). The summed E-state index contributed by atoms with van der Waals surface area (Å²) in [5, 5.41) is 3.94. The predicted octanol–water partition coefficient (Wildman–Crippen LogP) is 2.46. The molecule has 0 unspecified atom stereocenters. The Balaban J connectivity index is 1.94. The van der Waals surface area contributed by atoms with Crippen molar-refractivity contribution in [3.05, 3.63) is 17.3 Å². The van der Waals surface area contributed by atoms with E-state index in [1.807, 2.05) is 0 Å². The summed E-state index contributed by atoms with van der Waals surface area (Å²) in [5.74, 6) is 0.728. The van der Waals surface area contributed by atoms with Crippen LogP contribution in [0.25, 0.3) is 0 Å². The highest BCUT2D eigenvalue weighted by Crippen LogP contribution is 2.31. The second kappa shape index (κ2) is 5.33. The zero-order valence-corrected chi connectivity index (χ0v) is 11.8. The molecule has 18 heavy (non-hydrogen) atoms. The molecule has 1 saturated heterocycles. The lowest BCUT2D eigenvalue weighted by atomic mass is 9.80. The summed E-state index contributed by atoms with van der Waals surface area (Å²) in [5.41, 5.74) is 6.54. The second-order valence-electron chi connectivity index (χ2n) is 5.57. The van der Waals surface area contributed by atoms with E-state index in [-0.39, 0.29) is 0 Å². The van der Waals surface area contributed by atoms with Crippen molar-refractivity contribution in [2.75, 3.05) is 37.7 Å². The zero-order valence-electron chi connectivity index (χ0n) is 11.0. The quantitative estimate of drug-likeness (QED) is 0.884. The number of likely N-dealkylation sites (tertiary alicyclic amines) is 1. The van der Waals surface area contributed by atoms with Gasteiger partial charge in [0.1, 0.15) is 5.82 Å². The predicted molar refractivity (Wildman–Crippen MR) is 77.0 cm³/mol. The monoisotopic (exact) mass is 268 g/mol. The van der Waals surface area contributed by atoms with Crippen molar-refractivity contribution < 1.29 is 0 Å². The number of aromatic nitrogens is 1. The molecular weight excluding hydrogens is 248 g/mol. The molecule has 1 aromatic rings. The summed E-state index contributed by atoms with van der Waals surface area (Å²) in [6, 6.07) is 1.73. The van der Waals surface area contributed by atoms with Gasteiger partial charge in [-0.15, -0.1) is 0 Å². The van der Waals surface area contributed by atoms with Crippen molar-refractivity contribution in [1.82, 2.24) is 9.88 Å². The molecule has 1 aromatic heterocycles. The Labute approximate surface area is 114 Å². The van der Waals surface area contributed by atoms with Gasteiger partial charge in [-0.05, 0) is 44.5 Å². The second-order valence-corrected chi connectivity index (χ2v) is 5.97. The first kappa shape index (κ1) is 13.4. The average Bonchev–Trinajstić information content (AvgIpc) is 2.32. The molecule has 0 amide bonds. The maximum Gasteiger partial charge on any atom is 0.144 e. The fraction of sp³-hybridized carbons (Fsp3) is 0.615. The Morgan fingerprint density at radius 2 is 2.17 bits per heavy atom. The molecule has 3 N–H and O–H groups in total. The number of hydrogen-bond donors (Lipinski definition) is 2. The summed E-state index contributed by atoms with van der Waals surface area (Å²) < 4.78 is 0. The van der Waals surface area contributed by atoms with Crippen molar-refractivity contribution in [2.45, 2.75) is 19.8 Å². The number of hydrogen-bond acceptors (Lipinski definition) is 4. The van der Waals surface area contributed by atoms with Crippen molar-refractivity contribution >= 4 is 23.1 Å². The number of nitrogens with zero attached hydrogens (tertiary/aromatic N) is 2. The van der Waals surface area contributed by atoms with Gasteiger partial charge in [-0.25, -0.2) is 4.98 Å². The summed E-state index contributed by atoms with van der Waals surface area (Å²) in [4.78, 5) is 6.60. The number of pyridine rings is 1. The van der Waals surface area contributed by atoms with Crippen molar-refractivity contribution in [1.29, 1.82) is 0 Å². The number of nitrogens with one attached hydrogen (secondary N) is 1. The van der Waals surface area contributed by atoms with Gasteiger partial charge < -0.3 is 16.0 Å². The molecule has 1 aliphatic rings. The largest absolute Gasteiger partial charge is 0.397 e. The maximum absolute atomic E-state index is 6.10. The number of rotatable bonds is 3. The summed E-state index contributed by atoms with van der Waals surface area (Å²) >= 11 is 6.10. The van der Waals surface area contributed by atoms with Crippen LogP contribution in [-0.2, 0) is 0 Å². The molecule has 0 bridgehead atoms. The molecule has 0 atom stereocenters. The van der Waals surface area contributed by atoms with E-state index in [0.717, 1.165) is 25.5 Å². The van der Waals surface area contributed by atoms with Gasteiger partial charge in [-0.2, -0.15) is 0 Å². The Hall–Kier alpha value is -1.00. The van der Waals surface area contributed by atoms with Crippen molar-refractivity contribution in [3.63, 3.8) is 0 Å². The summed E-state index contributed by atoms with van der Waals surface area (Å²) in [6.07, 6.45) is 4.03. The van der Waals surface area contributed by atoms with E-state index < -0.39 is 0 Å². The minimum absolute atomic E-state index is 0.318. The molecular formula is C13H21ClN4. The number of nitrogens with two attached hydrogens (primary N) is 1. The Morgan fingerprint density at radius 1 is 1.50 bits per heavy atom. The molecule has 0 spiro atoms. The molecule has 5 heteroatoms. The molecule has 2 rings (SSSR count). The van der Waals surface area contributed by atoms with Gasteiger partial charge in [0.15, 0.2) is 0 Å². The average molecular weight is 269 g/mol. The fourth-order valence-electron chi connectivity index (χ4n) is 2.22. The van der Waals surface area contributed by atoms with E-state index >= 15 is 0 Å². The lowest BCUT2D eigenvalue weighted by Gasteiger charge is -2.38. The topological polar surface area (TPSA) is 54.2 Å². The van der Waals surface area contributed by atoms with Crippen LogP contribution < -0.4 is 11.1 Å². The van der Waals surface area contributed by atoms with E-state index in [1.165, 1.54) is 12.8 Å². The first-order chi connectivity index (χ1) is 8.48. The fourth-order valence-corrected chi connectivity index (χ4v) is 2.46. The molecule has 1 aliphatic heterocycles. The Morgan fingerprint density at radius 3 is 2.78 bits per heavy atom. The minimum Gasteiger partial charge on any atom is -0.397 e. The van der Waals surface area contributed by atoms with Crippen LogP contribution in [0.4, 0.5) is 11.5 Å². The van der Waals surface area contributed by atoms with Gasteiger partial charge in [0.25, 0.3) is 0 Å². The van der Waals surface area contributed by atoms with Gasteiger partial charge in [-0.1, -0.05) is 18.5 Å². The third-order valence-electron chi connectivity index (χ3n) is 3.74. The Kier molecular flexibility index (Phi) is 3.97. The number of anilines is 2. The van der Waals surface area contributed by atoms with E-state index in [1.54, 1.807) is 12.3 Å². The van der Waals surface area contributed by atoms with Gasteiger partial charge >= 0.3 is 0 Å². The van der Waals surface area contributed by atoms with Gasteiger partial charge in [0.05, 0.1) is 16.9 Å². The highest BCUT2D eigenvalue weighted by molar-refractivity contribution is 6.33. The Bertz CT molecular complexity index is 413. The maximum atomic E-state index is 6.10. The zero-order chi connectivity index (χ0) is 13.2. The van der Waals surface area contributed by atoms with E-state index in [4.69, 9.17) is 17.3 Å². The van der Waals surface area contributed by atoms with Crippen LogP contribution >= 0.6 is 11.6 Å². The van der Waals surface area contributed by atoms with Crippen LogP contribution in [0.1, 0.15) is 19.8 Å². The molecule has 100 valence electrons. The normalized spacial score (nSPS) is 19.7. The first-order valence-electron chi connectivity index (χ1n) is 6.32. The number of halogens is 1. The van der Waals surface area contributed by atoms with Crippen LogP contribution in [0.3, 0.4) is 0 Å². The van der Waals surface area contributed by atoms with E-state index in [2.05, 4.69) is 29.2 Å². The van der Waals surface area contributed by atoms with Crippen LogP contribution in [0.5, 0.6) is 0 Å². The third-order valence-corrected chi connectivity index (χ3v) is 4.03. The molecule has 0 aromatic carbocycles. The molecule has 0 radical (unpaired) electrons. The molecule has 0 saturated carbocycles. The number of piperidine rings is 1. The van der Waals surface area contributed by atoms with Crippen LogP contribution in [0, 0.1) is 5.41 Å². The molecule has 0 aliphatic carbocycles. The number of nitrogen functional groups attached to an aromatic ring is 1. The van der Waals surface area contributed by atoms with Crippen molar-refractivity contribution in [2.24, 2.45) is 5.41 Å². The van der Waals surface area contributed by atoms with Gasteiger partial charge in [0.2, 0.25) is 0 Å². The highest BCUT2D eigenvalue weighted by Gasteiger charge is 2.28. The highest BCUT2D eigenvalue weighted by atomic mass is 35.5. The third kappa shape index (κ3) is 3.27. The first-order valence-corrected chi connectivity index (χ1v) is 6.70. The minimum atomic E-state index is 0.318. The van der Waals surface area contributed by atoms with Gasteiger partial charge in [0, 0.05) is 6.54 Å². The lowest BCUT2D eigenvalue weighted by Crippen LogP contribution is -2.40. The van der Waals surface area contributed by atoms with Crippen LogP contribution in [0.2, 0.25) is 5.02 Å². The van der Waals surface area contributed by atoms with E-state index in [9.17, 15) is 0 Å². The lowest BCUT2D eigenvalue weighted by molar-refractivity contribution is 0.150. The molecule has 1 fully saturated rings. The SMILES string of the molecule is CN1CCC(C)(CNc2ncc(N)cc2Cl)CC1.